The van der Waals surface area contributed by atoms with Crippen molar-refractivity contribution in [2.75, 3.05) is 39.5 Å². The van der Waals surface area contributed by atoms with Gasteiger partial charge in [0.2, 0.25) is 0 Å². The average molecular weight is 619 g/mol. The summed E-state index contributed by atoms with van der Waals surface area (Å²) >= 11 is 0. The summed E-state index contributed by atoms with van der Waals surface area (Å²) in [5, 5.41) is 9.64. The van der Waals surface area contributed by atoms with Gasteiger partial charge in [-0.1, -0.05) is 13.8 Å². The Morgan fingerprint density at radius 2 is 1.02 bits per heavy atom. The van der Waals surface area contributed by atoms with Gasteiger partial charge in [0.15, 0.2) is 0 Å². The Morgan fingerprint density at radius 3 is 1.49 bits per heavy atom. The van der Waals surface area contributed by atoms with Gasteiger partial charge in [0.1, 0.15) is 0 Å². The highest BCUT2D eigenvalue weighted by Crippen LogP contribution is 2.35. The van der Waals surface area contributed by atoms with E-state index in [1.54, 1.807) is 0 Å². The molecule has 43 heavy (non-hydrogen) atoms. The lowest BCUT2D eigenvalue weighted by Crippen LogP contribution is -2.45. The van der Waals surface area contributed by atoms with E-state index in [0.717, 1.165) is 32.1 Å². The molecule has 0 aliphatic carbocycles. The van der Waals surface area contributed by atoms with Gasteiger partial charge in [-0.25, -0.2) is 0 Å². The predicted octanol–water partition coefficient (Wildman–Crippen LogP) is 6.78. The van der Waals surface area contributed by atoms with Gasteiger partial charge in [0.25, 0.3) is 0 Å². The quantitative estimate of drug-likeness (QED) is 0.103. The highest BCUT2D eigenvalue weighted by atomic mass is 16.6. The normalized spacial score (nSPS) is 15.3. The minimum Gasteiger partial charge on any atom is -0.396 e. The second-order valence-corrected chi connectivity index (χ2v) is 17.0. The summed E-state index contributed by atoms with van der Waals surface area (Å²) in [4.78, 5) is 0. The molecule has 0 aromatic rings. The number of hydrogen-bond donors (Lipinski definition) is 3. The van der Waals surface area contributed by atoms with Crippen LogP contribution in [0.1, 0.15) is 142 Å². The molecular weight excluding hydrogens is 544 g/mol. The lowest BCUT2D eigenvalue weighted by molar-refractivity contribution is -0.187. The minimum absolute atomic E-state index is 0.0298. The van der Waals surface area contributed by atoms with Crippen molar-refractivity contribution in [3.05, 3.63) is 0 Å². The highest BCUT2D eigenvalue weighted by Gasteiger charge is 2.37. The van der Waals surface area contributed by atoms with Crippen molar-refractivity contribution in [2.24, 2.45) is 16.9 Å². The lowest BCUT2D eigenvalue weighted by Gasteiger charge is -2.41. The molecule has 8 heteroatoms. The molecule has 0 radical (unpaired) electrons. The van der Waals surface area contributed by atoms with E-state index in [2.05, 4.69) is 83.1 Å². The number of aliphatic hydroxyl groups is 1. The van der Waals surface area contributed by atoms with E-state index in [4.69, 9.17) is 35.2 Å². The first-order chi connectivity index (χ1) is 19.3. The van der Waals surface area contributed by atoms with Crippen LogP contribution in [0.25, 0.3) is 0 Å². The van der Waals surface area contributed by atoms with Gasteiger partial charge in [-0.05, 0) is 140 Å². The van der Waals surface area contributed by atoms with E-state index in [-0.39, 0.29) is 34.9 Å². The predicted molar refractivity (Wildman–Crippen MR) is 180 cm³/mol. The maximum Gasteiger partial charge on any atom is 0.0843 e. The first-order valence-corrected chi connectivity index (χ1v) is 16.6. The zero-order valence-corrected chi connectivity index (χ0v) is 30.9. The van der Waals surface area contributed by atoms with E-state index in [1.807, 2.05) is 13.8 Å². The third-order valence-corrected chi connectivity index (χ3v) is 8.00. The van der Waals surface area contributed by atoms with Gasteiger partial charge in [-0.2, -0.15) is 0 Å². The molecule has 0 fully saturated rings. The smallest absolute Gasteiger partial charge is 0.0843 e. The number of hydrogen-bond acceptors (Lipinski definition) is 8. The molecule has 0 aliphatic rings. The summed E-state index contributed by atoms with van der Waals surface area (Å²) in [5.41, 5.74) is 9.34. The van der Waals surface area contributed by atoms with Crippen LogP contribution >= 0.6 is 0 Å². The summed E-state index contributed by atoms with van der Waals surface area (Å²) < 4.78 is 32.2. The van der Waals surface area contributed by atoms with E-state index in [9.17, 15) is 5.11 Å². The van der Waals surface area contributed by atoms with Crippen molar-refractivity contribution in [3.63, 3.8) is 0 Å². The molecule has 0 aromatic heterocycles. The van der Waals surface area contributed by atoms with Crippen LogP contribution in [-0.4, -0.2) is 84.3 Å². The Hall–Kier alpha value is -0.320. The highest BCUT2D eigenvalue weighted by molar-refractivity contribution is 4.85. The summed E-state index contributed by atoms with van der Waals surface area (Å²) in [6.45, 7) is 32.7. The van der Waals surface area contributed by atoms with E-state index < -0.39 is 16.8 Å². The molecule has 0 aromatic carbocycles. The van der Waals surface area contributed by atoms with Gasteiger partial charge in [0.05, 0.1) is 52.9 Å². The van der Waals surface area contributed by atoms with Gasteiger partial charge in [0, 0.05) is 19.6 Å². The molecule has 0 aliphatic heterocycles. The Balaban J connectivity index is 5.39. The number of aliphatic hydroxyl groups excluding tert-OH is 1. The van der Waals surface area contributed by atoms with Crippen molar-refractivity contribution in [3.8, 4) is 0 Å². The third kappa shape index (κ3) is 21.2. The van der Waals surface area contributed by atoms with Crippen LogP contribution in [0.5, 0.6) is 0 Å². The summed E-state index contributed by atoms with van der Waals surface area (Å²) in [7, 11) is 0. The SMILES string of the molecule is CC(C)(CCOC(C)(C)CCN)CC(C)(C)OCC(CC(C)(C)OC(C)(C)CCOC(C)(C)CCN)OC(C)(C)CCO. The van der Waals surface area contributed by atoms with Crippen LogP contribution < -0.4 is 11.5 Å². The first kappa shape index (κ1) is 42.7. The van der Waals surface area contributed by atoms with Crippen molar-refractivity contribution in [2.45, 2.75) is 182 Å². The molecule has 0 saturated heterocycles. The largest absolute Gasteiger partial charge is 0.396 e. The van der Waals surface area contributed by atoms with Gasteiger partial charge in [-0.15, -0.1) is 0 Å². The van der Waals surface area contributed by atoms with Crippen LogP contribution in [-0.2, 0) is 23.7 Å². The molecule has 260 valence electrons. The van der Waals surface area contributed by atoms with Crippen molar-refractivity contribution in [1.29, 1.82) is 0 Å². The first-order valence-electron chi connectivity index (χ1n) is 16.6. The molecule has 8 nitrogen and oxygen atoms in total. The lowest BCUT2D eigenvalue weighted by atomic mass is 9.79. The van der Waals surface area contributed by atoms with E-state index in [1.165, 1.54) is 0 Å². The Kier molecular flexibility index (Phi) is 17.4. The fourth-order valence-corrected chi connectivity index (χ4v) is 5.93. The minimum atomic E-state index is -0.492. The molecule has 0 spiro atoms. The molecule has 1 unspecified atom stereocenters. The second kappa shape index (κ2) is 17.6. The second-order valence-electron chi connectivity index (χ2n) is 17.0. The van der Waals surface area contributed by atoms with Crippen LogP contribution in [0, 0.1) is 5.41 Å². The average Bonchev–Trinajstić information content (AvgIpc) is 2.74. The summed E-state index contributed by atoms with van der Waals surface area (Å²) in [5.74, 6) is 0. The molecule has 0 amide bonds. The zero-order valence-electron chi connectivity index (χ0n) is 30.9. The maximum absolute atomic E-state index is 9.64. The van der Waals surface area contributed by atoms with Crippen LogP contribution in [0.4, 0.5) is 0 Å². The molecule has 5 N–H and O–H groups in total. The fraction of sp³-hybridized carbons (Fsp3) is 1.00. The number of nitrogens with two attached hydrogens (primary N) is 2. The molecule has 0 bridgehead atoms. The van der Waals surface area contributed by atoms with Crippen LogP contribution in [0.3, 0.4) is 0 Å². The van der Waals surface area contributed by atoms with Crippen LogP contribution in [0.2, 0.25) is 0 Å². The van der Waals surface area contributed by atoms with Crippen LogP contribution in [0.15, 0.2) is 0 Å². The Labute approximate surface area is 266 Å². The summed E-state index contributed by atoms with van der Waals surface area (Å²) in [6.07, 6.45) is 5.20. The van der Waals surface area contributed by atoms with Crippen molar-refractivity contribution < 1.29 is 28.8 Å². The molecule has 1 atom stereocenters. The van der Waals surface area contributed by atoms with Crippen molar-refractivity contribution >= 4 is 0 Å². The van der Waals surface area contributed by atoms with Crippen molar-refractivity contribution in [1.82, 2.24) is 0 Å². The Bertz CT molecular complexity index is 761. The summed E-state index contributed by atoms with van der Waals surface area (Å²) in [6, 6.07) is 0. The number of ether oxygens (including phenoxy) is 5. The maximum atomic E-state index is 9.64. The fourth-order valence-electron chi connectivity index (χ4n) is 5.93. The molecule has 0 rings (SSSR count). The van der Waals surface area contributed by atoms with Gasteiger partial charge >= 0.3 is 0 Å². The molecular formula is C35H74N2O6. The topological polar surface area (TPSA) is 118 Å². The van der Waals surface area contributed by atoms with Gasteiger partial charge in [-0.3, -0.25) is 0 Å². The molecule has 0 heterocycles. The number of rotatable bonds is 25. The third-order valence-electron chi connectivity index (χ3n) is 8.00. The zero-order chi connectivity index (χ0) is 33.8. The van der Waals surface area contributed by atoms with E-state index >= 15 is 0 Å². The van der Waals surface area contributed by atoms with Gasteiger partial charge < -0.3 is 40.3 Å². The van der Waals surface area contributed by atoms with E-state index in [0.29, 0.717) is 45.8 Å². The monoisotopic (exact) mass is 619 g/mol. The Morgan fingerprint density at radius 1 is 0.535 bits per heavy atom. The molecule has 0 saturated carbocycles. The standard InChI is InChI=1S/C35H74N2O6/c1-29(2,18-23-39-30(3,4)15-20-36)27-35(13,14)41-26-28(42-32(7,8)17-22-38)25-34(11,12)43-33(9,10)19-24-40-31(5,6)16-21-37/h28,38H,15-27,36-37H2,1-14H3.